The Balaban J connectivity index is 0. The van der Waals surface area contributed by atoms with Gasteiger partial charge in [-0.2, -0.15) is 0 Å². The average molecular weight is 214 g/mol. The van der Waals surface area contributed by atoms with Crippen molar-refractivity contribution >= 4 is 11.8 Å². The van der Waals surface area contributed by atoms with Crippen LogP contribution in [-0.4, -0.2) is 16.9 Å². The number of aliphatic carboxylic acids is 1. The average Bonchev–Trinajstić information content (AvgIpc) is 2.26. The van der Waals surface area contributed by atoms with Gasteiger partial charge in [0, 0.05) is 11.5 Å². The van der Waals surface area contributed by atoms with Gasteiger partial charge in [0.1, 0.15) is 0 Å². The Kier molecular flexibility index (Phi) is 6.79. The molecule has 1 aromatic carbocycles. The maximum atomic E-state index is 11.8. The molecule has 1 aromatic rings. The van der Waals surface area contributed by atoms with Crippen LogP contribution in [0.5, 0.6) is 0 Å². The molecule has 1 atom stereocenters. The predicted octanol–water partition coefficient (Wildman–Crippen LogP) is -0.513. The standard InChI is InChI=1S/C12H14O3.Li.H/c1-2-9(8-11(13)14)12(15)10-6-4-3-5-7-10;;/h3-7,9H,2,8H2,1H3,(H,13,14);;/q;+1;-1. The fraction of sp³-hybridized carbons (Fsp3) is 0.333. The van der Waals surface area contributed by atoms with Gasteiger partial charge in [-0.1, -0.05) is 37.3 Å². The maximum Gasteiger partial charge on any atom is 1.00 e. The Labute approximate surface area is 109 Å². The topological polar surface area (TPSA) is 54.4 Å². The van der Waals surface area contributed by atoms with Crippen molar-refractivity contribution in [3.05, 3.63) is 35.9 Å². The molecular formula is C12H15LiO3. The summed E-state index contributed by atoms with van der Waals surface area (Å²) < 4.78 is 0. The van der Waals surface area contributed by atoms with Gasteiger partial charge in [-0.15, -0.1) is 0 Å². The number of carboxylic acid groups (broad SMARTS) is 1. The van der Waals surface area contributed by atoms with Gasteiger partial charge in [-0.25, -0.2) is 0 Å². The Morgan fingerprint density at radius 3 is 2.31 bits per heavy atom. The van der Waals surface area contributed by atoms with Crippen molar-refractivity contribution in [2.75, 3.05) is 0 Å². The van der Waals surface area contributed by atoms with E-state index in [4.69, 9.17) is 5.11 Å². The predicted molar refractivity (Wildman–Crippen MR) is 57.9 cm³/mol. The number of benzene rings is 1. The molecule has 0 aliphatic heterocycles. The summed E-state index contributed by atoms with van der Waals surface area (Å²) in [6, 6.07) is 8.82. The zero-order valence-corrected chi connectivity index (χ0v) is 9.64. The minimum atomic E-state index is -0.925. The van der Waals surface area contributed by atoms with E-state index in [0.29, 0.717) is 12.0 Å². The van der Waals surface area contributed by atoms with Crippen LogP contribution in [0.1, 0.15) is 31.6 Å². The van der Waals surface area contributed by atoms with Crippen molar-refractivity contribution in [2.45, 2.75) is 19.8 Å². The van der Waals surface area contributed by atoms with Crippen LogP contribution in [-0.2, 0) is 4.79 Å². The molecule has 0 amide bonds. The van der Waals surface area contributed by atoms with Gasteiger partial charge in [0.05, 0.1) is 6.42 Å². The molecule has 1 unspecified atom stereocenters. The van der Waals surface area contributed by atoms with Crippen LogP contribution >= 0.6 is 0 Å². The van der Waals surface area contributed by atoms with Crippen molar-refractivity contribution in [1.82, 2.24) is 0 Å². The first-order chi connectivity index (χ1) is 7.15. The number of carbonyl (C=O) groups is 2. The summed E-state index contributed by atoms with van der Waals surface area (Å²) in [7, 11) is 0. The summed E-state index contributed by atoms with van der Waals surface area (Å²) in [4.78, 5) is 22.4. The van der Waals surface area contributed by atoms with Crippen LogP contribution in [0.25, 0.3) is 0 Å². The smallest absolute Gasteiger partial charge is 1.00 e. The summed E-state index contributed by atoms with van der Waals surface area (Å²) in [6.45, 7) is 1.83. The summed E-state index contributed by atoms with van der Waals surface area (Å²) in [5.74, 6) is -1.42. The molecule has 16 heavy (non-hydrogen) atoms. The van der Waals surface area contributed by atoms with E-state index < -0.39 is 11.9 Å². The minimum absolute atomic E-state index is 0. The van der Waals surface area contributed by atoms with Gasteiger partial charge in [-0.3, -0.25) is 9.59 Å². The van der Waals surface area contributed by atoms with Gasteiger partial charge in [-0.05, 0) is 6.42 Å². The Morgan fingerprint density at radius 2 is 1.88 bits per heavy atom. The van der Waals surface area contributed by atoms with Gasteiger partial charge >= 0.3 is 24.8 Å². The molecule has 0 saturated heterocycles. The first kappa shape index (κ1) is 15.0. The molecule has 0 aliphatic rings. The zero-order chi connectivity index (χ0) is 11.3. The number of carboxylic acids is 1. The quantitative estimate of drug-likeness (QED) is 0.530. The van der Waals surface area contributed by atoms with E-state index in [1.54, 1.807) is 24.3 Å². The van der Waals surface area contributed by atoms with Crippen LogP contribution in [0.2, 0.25) is 0 Å². The van der Waals surface area contributed by atoms with Crippen molar-refractivity contribution in [3.63, 3.8) is 0 Å². The number of Topliss-reactive ketones (excluding diaryl/α,β-unsaturated/α-hetero) is 1. The van der Waals surface area contributed by atoms with Gasteiger partial charge in [0.2, 0.25) is 0 Å². The first-order valence-corrected chi connectivity index (χ1v) is 4.96. The third-order valence-corrected chi connectivity index (χ3v) is 2.34. The van der Waals surface area contributed by atoms with Gasteiger partial charge in [0.25, 0.3) is 0 Å². The zero-order valence-electron chi connectivity index (χ0n) is 10.6. The van der Waals surface area contributed by atoms with Crippen molar-refractivity contribution in [1.29, 1.82) is 0 Å². The van der Waals surface area contributed by atoms with E-state index in [-0.39, 0.29) is 32.5 Å². The van der Waals surface area contributed by atoms with E-state index in [2.05, 4.69) is 0 Å². The molecule has 1 rings (SSSR count). The molecule has 0 spiro atoms. The Bertz CT molecular complexity index is 354. The number of hydrogen-bond donors (Lipinski definition) is 1. The van der Waals surface area contributed by atoms with E-state index in [0.717, 1.165) is 0 Å². The molecule has 82 valence electrons. The molecule has 0 fully saturated rings. The number of ketones is 1. The van der Waals surface area contributed by atoms with Crippen LogP contribution in [0.15, 0.2) is 30.3 Å². The number of carbonyl (C=O) groups excluding carboxylic acids is 1. The van der Waals surface area contributed by atoms with E-state index in [1.165, 1.54) is 0 Å². The Morgan fingerprint density at radius 1 is 1.31 bits per heavy atom. The molecule has 4 heteroatoms. The van der Waals surface area contributed by atoms with Crippen molar-refractivity contribution in [3.8, 4) is 0 Å². The van der Waals surface area contributed by atoms with Gasteiger partial charge in [0.15, 0.2) is 5.78 Å². The molecule has 0 radical (unpaired) electrons. The van der Waals surface area contributed by atoms with Crippen LogP contribution in [0.3, 0.4) is 0 Å². The Hall–Kier alpha value is -1.04. The third-order valence-electron chi connectivity index (χ3n) is 2.34. The second kappa shape index (κ2) is 7.27. The number of rotatable bonds is 5. The van der Waals surface area contributed by atoms with Crippen molar-refractivity contribution < 1.29 is 35.0 Å². The summed E-state index contributed by atoms with van der Waals surface area (Å²) in [5, 5.41) is 8.66. The summed E-state index contributed by atoms with van der Waals surface area (Å²) in [6.07, 6.45) is 0.463. The summed E-state index contributed by atoms with van der Waals surface area (Å²) in [5.41, 5.74) is 0.589. The first-order valence-electron chi connectivity index (χ1n) is 4.96. The molecule has 0 aliphatic carbocycles. The largest absolute Gasteiger partial charge is 1.00 e. The molecule has 0 aromatic heterocycles. The minimum Gasteiger partial charge on any atom is -1.00 e. The van der Waals surface area contributed by atoms with E-state index in [9.17, 15) is 9.59 Å². The second-order valence-corrected chi connectivity index (χ2v) is 3.43. The fourth-order valence-corrected chi connectivity index (χ4v) is 1.47. The summed E-state index contributed by atoms with van der Waals surface area (Å²) >= 11 is 0. The van der Waals surface area contributed by atoms with E-state index in [1.807, 2.05) is 13.0 Å². The second-order valence-electron chi connectivity index (χ2n) is 3.43. The molecule has 0 saturated carbocycles. The molecule has 1 N–H and O–H groups in total. The van der Waals surface area contributed by atoms with E-state index >= 15 is 0 Å². The molecule has 0 heterocycles. The molecule has 0 bridgehead atoms. The molecular weight excluding hydrogens is 199 g/mol. The monoisotopic (exact) mass is 214 g/mol. The fourth-order valence-electron chi connectivity index (χ4n) is 1.47. The molecule has 3 nitrogen and oxygen atoms in total. The van der Waals surface area contributed by atoms with Crippen LogP contribution in [0.4, 0.5) is 0 Å². The SMILES string of the molecule is CCC(CC(=O)O)C(=O)c1ccccc1.[H-].[Li+]. The third kappa shape index (κ3) is 4.22. The van der Waals surface area contributed by atoms with Crippen LogP contribution < -0.4 is 18.9 Å². The van der Waals surface area contributed by atoms with Crippen LogP contribution in [0, 0.1) is 5.92 Å². The normalized spacial score (nSPS) is 11.3. The number of hydrogen-bond acceptors (Lipinski definition) is 2. The van der Waals surface area contributed by atoms with Gasteiger partial charge < -0.3 is 6.53 Å². The van der Waals surface area contributed by atoms with Crippen molar-refractivity contribution in [2.24, 2.45) is 5.92 Å². The maximum absolute atomic E-state index is 11.8.